The number of methoxy groups -OCH3 is 1. The van der Waals surface area contributed by atoms with Crippen molar-refractivity contribution in [1.29, 1.82) is 0 Å². The summed E-state index contributed by atoms with van der Waals surface area (Å²) in [6.45, 7) is 4.01. The molecule has 0 atom stereocenters. The number of allylic oxidation sites excluding steroid dienone is 2. The fraction of sp³-hybridized carbons (Fsp3) is 0.200. The summed E-state index contributed by atoms with van der Waals surface area (Å²) in [4.78, 5) is 10.3. The largest absolute Gasteiger partial charge is 0.504 e. The van der Waals surface area contributed by atoms with Crippen molar-refractivity contribution in [2.75, 3.05) is 7.11 Å². The van der Waals surface area contributed by atoms with E-state index >= 15 is 0 Å². The van der Waals surface area contributed by atoms with E-state index in [0.29, 0.717) is 12.2 Å². The predicted molar refractivity (Wildman–Crippen MR) is 99.8 cm³/mol. The zero-order valence-electron chi connectivity index (χ0n) is 14.5. The zero-order chi connectivity index (χ0) is 18.4. The van der Waals surface area contributed by atoms with E-state index in [1.54, 1.807) is 18.2 Å². The fourth-order valence-corrected chi connectivity index (χ4v) is 2.31. The number of phenolic OH excluding ortho intramolecular Hbond substituents is 1. The number of nitrogens with zero attached hydrogens (tertiary/aromatic N) is 1. The number of hydrogen-bond donors (Lipinski definition) is 1. The number of non-ortho nitro benzene ring substituents is 1. The van der Waals surface area contributed by atoms with Crippen LogP contribution in [0.2, 0.25) is 0 Å². The first kappa shape index (κ1) is 18.3. The van der Waals surface area contributed by atoms with Crippen LogP contribution in [0.4, 0.5) is 5.69 Å². The molecule has 130 valence electrons. The van der Waals surface area contributed by atoms with Gasteiger partial charge in [0.15, 0.2) is 11.5 Å². The van der Waals surface area contributed by atoms with Gasteiger partial charge in [0, 0.05) is 17.7 Å². The van der Waals surface area contributed by atoms with E-state index in [4.69, 9.17) is 4.74 Å². The third kappa shape index (κ3) is 4.94. The summed E-state index contributed by atoms with van der Waals surface area (Å²) in [5, 5.41) is 20.9. The van der Waals surface area contributed by atoms with E-state index in [0.717, 1.165) is 16.7 Å². The van der Waals surface area contributed by atoms with Gasteiger partial charge in [-0.3, -0.25) is 10.1 Å². The Morgan fingerprint density at radius 1 is 1.16 bits per heavy atom. The van der Waals surface area contributed by atoms with E-state index in [1.807, 2.05) is 38.1 Å². The molecule has 0 radical (unpaired) electrons. The number of ether oxygens (including phenoxy) is 1. The maximum atomic E-state index is 10.7. The molecule has 2 aromatic carbocycles. The van der Waals surface area contributed by atoms with Gasteiger partial charge in [-0.1, -0.05) is 23.8 Å². The monoisotopic (exact) mass is 339 g/mol. The first-order valence-corrected chi connectivity index (χ1v) is 7.86. The topological polar surface area (TPSA) is 72.6 Å². The van der Waals surface area contributed by atoms with Crippen LogP contribution in [0, 0.1) is 10.1 Å². The van der Waals surface area contributed by atoms with E-state index in [9.17, 15) is 15.2 Å². The SMILES string of the molecule is COc1cc(C=Cc2ccc([N+](=O)[O-])cc2)cc(CC=C(C)C)c1O. The minimum Gasteiger partial charge on any atom is -0.504 e. The lowest BCUT2D eigenvalue weighted by Crippen LogP contribution is -1.91. The van der Waals surface area contributed by atoms with Crippen LogP contribution < -0.4 is 4.74 Å². The van der Waals surface area contributed by atoms with E-state index in [1.165, 1.54) is 24.8 Å². The van der Waals surface area contributed by atoms with Crippen LogP contribution in [0.1, 0.15) is 30.5 Å². The summed E-state index contributed by atoms with van der Waals surface area (Å²) in [6, 6.07) is 9.98. The Hall–Kier alpha value is -3.08. The molecule has 0 aliphatic rings. The first-order valence-electron chi connectivity index (χ1n) is 7.86. The Kier molecular flexibility index (Phi) is 5.95. The van der Waals surface area contributed by atoms with E-state index in [-0.39, 0.29) is 11.4 Å². The summed E-state index contributed by atoms with van der Waals surface area (Å²) in [5.74, 6) is 0.565. The van der Waals surface area contributed by atoms with Gasteiger partial charge in [0.1, 0.15) is 0 Å². The van der Waals surface area contributed by atoms with E-state index in [2.05, 4.69) is 0 Å². The van der Waals surface area contributed by atoms with Crippen LogP contribution in [0.5, 0.6) is 11.5 Å². The van der Waals surface area contributed by atoms with Crippen molar-refractivity contribution in [2.24, 2.45) is 0 Å². The molecule has 5 nitrogen and oxygen atoms in total. The molecule has 0 heterocycles. The van der Waals surface area contributed by atoms with Crippen LogP contribution in [-0.4, -0.2) is 17.1 Å². The van der Waals surface area contributed by atoms with Crippen molar-refractivity contribution in [1.82, 2.24) is 0 Å². The highest BCUT2D eigenvalue weighted by atomic mass is 16.6. The summed E-state index contributed by atoms with van der Waals surface area (Å²) in [6.07, 6.45) is 6.40. The van der Waals surface area contributed by atoms with Crippen molar-refractivity contribution < 1.29 is 14.8 Å². The highest BCUT2D eigenvalue weighted by Crippen LogP contribution is 2.33. The molecule has 0 bridgehead atoms. The van der Waals surface area contributed by atoms with Crippen LogP contribution in [0.15, 0.2) is 48.0 Å². The van der Waals surface area contributed by atoms with E-state index < -0.39 is 4.92 Å². The quantitative estimate of drug-likeness (QED) is 0.348. The predicted octanol–water partition coefficient (Wildman–Crippen LogP) is 4.99. The summed E-state index contributed by atoms with van der Waals surface area (Å²) >= 11 is 0. The highest BCUT2D eigenvalue weighted by molar-refractivity contribution is 5.72. The van der Waals surface area contributed by atoms with Gasteiger partial charge in [-0.15, -0.1) is 0 Å². The number of hydrogen-bond acceptors (Lipinski definition) is 4. The second-order valence-electron chi connectivity index (χ2n) is 5.90. The number of benzene rings is 2. The molecule has 0 aliphatic carbocycles. The number of nitro benzene ring substituents is 1. The lowest BCUT2D eigenvalue weighted by Gasteiger charge is -2.10. The molecular formula is C20H21NO4. The van der Waals surface area contributed by atoms with Crippen molar-refractivity contribution in [3.05, 3.63) is 74.9 Å². The summed E-state index contributed by atoms with van der Waals surface area (Å²) in [7, 11) is 1.52. The van der Waals surface area contributed by atoms with Gasteiger partial charge in [0.05, 0.1) is 12.0 Å². The molecule has 5 heteroatoms. The lowest BCUT2D eigenvalue weighted by molar-refractivity contribution is -0.384. The summed E-state index contributed by atoms with van der Waals surface area (Å²) < 4.78 is 5.25. The minimum absolute atomic E-state index is 0.0625. The summed E-state index contributed by atoms with van der Waals surface area (Å²) in [5.41, 5.74) is 3.75. The Balaban J connectivity index is 2.30. The standard InChI is InChI=1S/C20H21NO4/c1-14(2)4-9-17-12-16(13-19(25-3)20(17)22)6-5-15-7-10-18(11-8-15)21(23)24/h4-8,10-13,22H,9H2,1-3H3. The highest BCUT2D eigenvalue weighted by Gasteiger charge is 2.09. The van der Waals surface area contributed by atoms with Gasteiger partial charge in [-0.25, -0.2) is 0 Å². The molecule has 0 fully saturated rings. The third-order valence-corrected chi connectivity index (χ3v) is 3.70. The average molecular weight is 339 g/mol. The molecule has 0 aliphatic heterocycles. The fourth-order valence-electron chi connectivity index (χ4n) is 2.31. The molecule has 1 N–H and O–H groups in total. The number of rotatable bonds is 6. The Labute approximate surface area is 147 Å². The minimum atomic E-state index is -0.423. The maximum absolute atomic E-state index is 10.7. The van der Waals surface area contributed by atoms with Crippen molar-refractivity contribution in [3.63, 3.8) is 0 Å². The van der Waals surface area contributed by atoms with Crippen LogP contribution >= 0.6 is 0 Å². The molecular weight excluding hydrogens is 318 g/mol. The second-order valence-corrected chi connectivity index (χ2v) is 5.90. The van der Waals surface area contributed by atoms with Gasteiger partial charge in [-0.05, 0) is 55.7 Å². The molecule has 25 heavy (non-hydrogen) atoms. The average Bonchev–Trinajstić information content (AvgIpc) is 2.59. The number of aromatic hydroxyl groups is 1. The normalized spacial score (nSPS) is 10.7. The van der Waals surface area contributed by atoms with Gasteiger partial charge in [0.25, 0.3) is 5.69 Å². The molecule has 0 aromatic heterocycles. The molecule has 0 spiro atoms. The third-order valence-electron chi connectivity index (χ3n) is 3.70. The molecule has 0 saturated heterocycles. The zero-order valence-corrected chi connectivity index (χ0v) is 14.5. The van der Waals surface area contributed by atoms with Gasteiger partial charge >= 0.3 is 0 Å². The molecule has 2 rings (SSSR count). The Morgan fingerprint density at radius 3 is 2.36 bits per heavy atom. The smallest absolute Gasteiger partial charge is 0.269 e. The maximum Gasteiger partial charge on any atom is 0.269 e. The Morgan fingerprint density at radius 2 is 1.80 bits per heavy atom. The molecule has 0 unspecified atom stereocenters. The Bertz CT molecular complexity index is 816. The van der Waals surface area contributed by atoms with Crippen molar-refractivity contribution in [2.45, 2.75) is 20.3 Å². The van der Waals surface area contributed by atoms with Crippen LogP contribution in [0.25, 0.3) is 12.2 Å². The van der Waals surface area contributed by atoms with Crippen LogP contribution in [0.3, 0.4) is 0 Å². The van der Waals surface area contributed by atoms with Gasteiger partial charge in [-0.2, -0.15) is 0 Å². The van der Waals surface area contributed by atoms with Gasteiger partial charge in [0.2, 0.25) is 0 Å². The first-order chi connectivity index (χ1) is 11.9. The molecule has 0 saturated carbocycles. The lowest BCUT2D eigenvalue weighted by atomic mass is 10.0. The number of nitro groups is 1. The van der Waals surface area contributed by atoms with Crippen LogP contribution in [-0.2, 0) is 6.42 Å². The van der Waals surface area contributed by atoms with Crippen molar-refractivity contribution in [3.8, 4) is 11.5 Å². The molecule has 0 amide bonds. The second kappa shape index (κ2) is 8.15. The van der Waals surface area contributed by atoms with Crippen molar-refractivity contribution >= 4 is 17.8 Å². The van der Waals surface area contributed by atoms with Gasteiger partial charge < -0.3 is 9.84 Å². The number of phenols is 1. The molecule has 2 aromatic rings.